The number of aromatic amines is 1. The number of aryl methyl sites for hydroxylation is 1. The highest BCUT2D eigenvalue weighted by Gasteiger charge is 2.40. The lowest BCUT2D eigenvalue weighted by Crippen LogP contribution is -2.63. The lowest BCUT2D eigenvalue weighted by Gasteiger charge is -2.48. The minimum absolute atomic E-state index is 0.0274. The van der Waals surface area contributed by atoms with E-state index >= 15 is 0 Å². The van der Waals surface area contributed by atoms with Gasteiger partial charge in [0.05, 0.1) is 35.5 Å². The van der Waals surface area contributed by atoms with Crippen molar-refractivity contribution in [2.75, 3.05) is 19.6 Å². The Labute approximate surface area is 198 Å². The second kappa shape index (κ2) is 9.19. The fourth-order valence-corrected chi connectivity index (χ4v) is 5.19. The van der Waals surface area contributed by atoms with E-state index < -0.39 is 5.60 Å². The molecule has 0 bridgehead atoms. The minimum atomic E-state index is -0.802. The summed E-state index contributed by atoms with van der Waals surface area (Å²) in [5.41, 5.74) is 3.57. The van der Waals surface area contributed by atoms with Crippen LogP contribution in [0.25, 0.3) is 11.0 Å². The fourth-order valence-electron chi connectivity index (χ4n) is 5.19. The molecule has 2 aromatic carbocycles. The first-order chi connectivity index (χ1) is 16.4. The summed E-state index contributed by atoms with van der Waals surface area (Å²) in [5, 5.41) is 17.0. The molecule has 1 aliphatic heterocycles. The Kier molecular flexibility index (Phi) is 6.10. The molecule has 5 rings (SSSR count). The van der Waals surface area contributed by atoms with E-state index in [9.17, 15) is 14.7 Å². The Balaban J connectivity index is 1.05. The van der Waals surface area contributed by atoms with Gasteiger partial charge in [-0.05, 0) is 62.4 Å². The normalized spacial score (nSPS) is 23.4. The molecular formula is C26H31N5O3. The molecule has 1 saturated carbocycles. The van der Waals surface area contributed by atoms with Gasteiger partial charge in [0, 0.05) is 24.7 Å². The number of amides is 2. The van der Waals surface area contributed by atoms with E-state index in [1.165, 1.54) is 0 Å². The molecule has 1 aromatic heterocycles. The minimum Gasteiger partial charge on any atom is -0.385 e. The fraction of sp³-hybridized carbons (Fsp3) is 0.423. The third-order valence-electron chi connectivity index (χ3n) is 7.22. The second-order valence-electron chi connectivity index (χ2n) is 9.67. The van der Waals surface area contributed by atoms with Crippen LogP contribution >= 0.6 is 0 Å². The largest absolute Gasteiger partial charge is 0.385 e. The van der Waals surface area contributed by atoms with Crippen LogP contribution in [0.1, 0.15) is 47.2 Å². The molecule has 0 radical (unpaired) electrons. The van der Waals surface area contributed by atoms with Crippen molar-refractivity contribution in [1.29, 1.82) is 0 Å². The molecular weight excluding hydrogens is 430 g/mol. The molecule has 8 nitrogen and oxygen atoms in total. The van der Waals surface area contributed by atoms with Gasteiger partial charge in [-0.15, -0.1) is 0 Å². The van der Waals surface area contributed by atoms with E-state index in [1.54, 1.807) is 18.5 Å². The summed E-state index contributed by atoms with van der Waals surface area (Å²) >= 11 is 0. The zero-order valence-corrected chi connectivity index (χ0v) is 19.4. The van der Waals surface area contributed by atoms with Crippen molar-refractivity contribution in [2.45, 2.75) is 50.3 Å². The predicted octanol–water partition coefficient (Wildman–Crippen LogP) is 2.23. The number of fused-ring (bicyclic) bond motifs is 1. The topological polar surface area (TPSA) is 110 Å². The van der Waals surface area contributed by atoms with Gasteiger partial charge < -0.3 is 20.7 Å². The number of aromatic nitrogens is 2. The Morgan fingerprint density at radius 1 is 1.18 bits per heavy atom. The van der Waals surface area contributed by atoms with Crippen LogP contribution < -0.4 is 10.6 Å². The second-order valence-corrected chi connectivity index (χ2v) is 9.67. The highest BCUT2D eigenvalue weighted by molar-refractivity contribution is 5.96. The van der Waals surface area contributed by atoms with Crippen LogP contribution in [-0.2, 0) is 10.4 Å². The molecule has 2 heterocycles. The molecule has 8 heteroatoms. The van der Waals surface area contributed by atoms with Crippen molar-refractivity contribution in [3.05, 3.63) is 65.5 Å². The zero-order chi connectivity index (χ0) is 23.7. The van der Waals surface area contributed by atoms with Crippen molar-refractivity contribution in [3.8, 4) is 0 Å². The average Bonchev–Trinajstić information content (AvgIpc) is 3.28. The standard InChI is InChI=1S/C26H31N5O3/c1-17-3-2-4-18(11-17)25(33)27-13-24(32)30-20-14-31(15-20)21-7-9-26(34,10-8-21)19-5-6-22-23(12-19)29-16-28-22/h2-6,11-12,16,20-21,34H,7-10,13-15H2,1H3,(H,27,33)(H,28,29)(H,30,32). The SMILES string of the molecule is Cc1cccc(C(=O)NCC(=O)NC2CN(C3CCC(O)(c4ccc5nc[nH]c5c4)CC3)C2)c1. The number of carbonyl (C=O) groups is 2. The smallest absolute Gasteiger partial charge is 0.251 e. The summed E-state index contributed by atoms with van der Waals surface area (Å²) in [6.45, 7) is 3.51. The maximum Gasteiger partial charge on any atom is 0.251 e. The van der Waals surface area contributed by atoms with Gasteiger partial charge in [0.15, 0.2) is 0 Å². The number of nitrogens with zero attached hydrogens (tertiary/aromatic N) is 2. The molecule has 1 aliphatic carbocycles. The van der Waals surface area contributed by atoms with E-state index in [0.717, 1.165) is 60.9 Å². The summed E-state index contributed by atoms with van der Waals surface area (Å²) in [5.74, 6) is -0.409. The van der Waals surface area contributed by atoms with Crippen LogP contribution in [0.2, 0.25) is 0 Å². The van der Waals surface area contributed by atoms with Gasteiger partial charge >= 0.3 is 0 Å². The molecule has 4 N–H and O–H groups in total. The Morgan fingerprint density at radius 3 is 2.74 bits per heavy atom. The van der Waals surface area contributed by atoms with Crippen molar-refractivity contribution in [2.24, 2.45) is 0 Å². The van der Waals surface area contributed by atoms with Crippen molar-refractivity contribution < 1.29 is 14.7 Å². The van der Waals surface area contributed by atoms with E-state index in [1.807, 2.05) is 37.3 Å². The number of likely N-dealkylation sites (tertiary alicyclic amines) is 1. The van der Waals surface area contributed by atoms with E-state index in [0.29, 0.717) is 11.6 Å². The van der Waals surface area contributed by atoms with Crippen LogP contribution in [0.5, 0.6) is 0 Å². The van der Waals surface area contributed by atoms with Gasteiger partial charge in [0.25, 0.3) is 5.91 Å². The third-order valence-corrected chi connectivity index (χ3v) is 7.22. The maximum atomic E-state index is 12.3. The first-order valence-electron chi connectivity index (χ1n) is 11.9. The van der Waals surface area contributed by atoms with Gasteiger partial charge in [-0.3, -0.25) is 14.5 Å². The van der Waals surface area contributed by atoms with E-state index in [2.05, 4.69) is 25.5 Å². The van der Waals surface area contributed by atoms with E-state index in [-0.39, 0.29) is 24.4 Å². The molecule has 2 fully saturated rings. The van der Waals surface area contributed by atoms with Crippen LogP contribution in [0.4, 0.5) is 0 Å². The monoisotopic (exact) mass is 461 g/mol. The molecule has 1 saturated heterocycles. The van der Waals surface area contributed by atoms with Crippen LogP contribution in [0.15, 0.2) is 48.8 Å². The molecule has 0 spiro atoms. The summed E-state index contributed by atoms with van der Waals surface area (Å²) in [4.78, 5) is 34.2. The number of aliphatic hydroxyl groups is 1. The van der Waals surface area contributed by atoms with Crippen molar-refractivity contribution >= 4 is 22.8 Å². The van der Waals surface area contributed by atoms with Gasteiger partial charge in [-0.25, -0.2) is 4.98 Å². The molecule has 2 amide bonds. The Morgan fingerprint density at radius 2 is 1.97 bits per heavy atom. The Bertz CT molecular complexity index is 1190. The number of H-pyrrole nitrogens is 1. The highest BCUT2D eigenvalue weighted by Crippen LogP contribution is 2.40. The van der Waals surface area contributed by atoms with Crippen LogP contribution in [-0.4, -0.2) is 63.5 Å². The number of nitrogens with one attached hydrogen (secondary N) is 3. The van der Waals surface area contributed by atoms with Crippen molar-refractivity contribution in [1.82, 2.24) is 25.5 Å². The molecule has 178 valence electrons. The van der Waals surface area contributed by atoms with Gasteiger partial charge in [-0.2, -0.15) is 0 Å². The maximum absolute atomic E-state index is 12.3. The first-order valence-corrected chi connectivity index (χ1v) is 11.9. The lowest BCUT2D eigenvalue weighted by molar-refractivity contribution is -0.122. The number of rotatable bonds is 6. The molecule has 2 aliphatic rings. The summed E-state index contributed by atoms with van der Waals surface area (Å²) in [6, 6.07) is 13.8. The first kappa shape index (κ1) is 22.6. The number of benzene rings is 2. The average molecular weight is 462 g/mol. The summed E-state index contributed by atoms with van der Waals surface area (Å²) in [7, 11) is 0. The summed E-state index contributed by atoms with van der Waals surface area (Å²) < 4.78 is 0. The predicted molar refractivity (Wildman–Crippen MR) is 129 cm³/mol. The number of imidazole rings is 1. The molecule has 0 unspecified atom stereocenters. The third kappa shape index (κ3) is 4.69. The summed E-state index contributed by atoms with van der Waals surface area (Å²) in [6.07, 6.45) is 4.95. The highest BCUT2D eigenvalue weighted by atomic mass is 16.3. The van der Waals surface area contributed by atoms with Gasteiger partial charge in [0.2, 0.25) is 5.91 Å². The quantitative estimate of drug-likeness (QED) is 0.450. The van der Waals surface area contributed by atoms with Crippen LogP contribution in [0, 0.1) is 6.92 Å². The number of carbonyl (C=O) groups excluding carboxylic acids is 2. The van der Waals surface area contributed by atoms with E-state index in [4.69, 9.17) is 0 Å². The van der Waals surface area contributed by atoms with Gasteiger partial charge in [-0.1, -0.05) is 23.8 Å². The lowest BCUT2D eigenvalue weighted by atomic mass is 9.76. The number of hydrogen-bond acceptors (Lipinski definition) is 5. The number of hydrogen-bond donors (Lipinski definition) is 4. The van der Waals surface area contributed by atoms with Crippen LogP contribution in [0.3, 0.4) is 0 Å². The molecule has 34 heavy (non-hydrogen) atoms. The Hall–Kier alpha value is -3.23. The molecule has 3 aromatic rings. The van der Waals surface area contributed by atoms with Crippen molar-refractivity contribution in [3.63, 3.8) is 0 Å². The molecule has 0 atom stereocenters. The zero-order valence-electron chi connectivity index (χ0n) is 19.4. The van der Waals surface area contributed by atoms with Gasteiger partial charge in [0.1, 0.15) is 0 Å².